The third-order valence-corrected chi connectivity index (χ3v) is 4.35. The first-order chi connectivity index (χ1) is 8.60. The van der Waals surface area contributed by atoms with Gasteiger partial charge in [-0.1, -0.05) is 13.3 Å². The molecule has 4 heteroatoms. The molecule has 0 radical (unpaired) electrons. The summed E-state index contributed by atoms with van der Waals surface area (Å²) in [5.74, 6) is -0.365. The molecule has 1 saturated heterocycles. The number of hydrogen-bond donors (Lipinski definition) is 1. The highest BCUT2D eigenvalue weighted by Crippen LogP contribution is 2.31. The summed E-state index contributed by atoms with van der Waals surface area (Å²) in [5, 5.41) is 0. The van der Waals surface area contributed by atoms with Crippen LogP contribution in [0.3, 0.4) is 0 Å². The Hall–Kier alpha value is -0.610. The van der Waals surface area contributed by atoms with E-state index in [0.29, 0.717) is 13.2 Å². The van der Waals surface area contributed by atoms with E-state index in [1.54, 1.807) is 0 Å². The molecule has 0 aromatic heterocycles. The van der Waals surface area contributed by atoms with Crippen molar-refractivity contribution in [2.45, 2.75) is 52.0 Å². The van der Waals surface area contributed by atoms with Gasteiger partial charge in [0.25, 0.3) is 0 Å². The van der Waals surface area contributed by atoms with Crippen molar-refractivity contribution in [3.8, 4) is 0 Å². The van der Waals surface area contributed by atoms with Crippen LogP contribution in [0.5, 0.6) is 0 Å². The number of nitrogens with two attached hydrogens (primary N) is 1. The van der Waals surface area contributed by atoms with E-state index in [2.05, 4.69) is 18.7 Å². The lowest BCUT2D eigenvalue weighted by Gasteiger charge is -2.46. The Kier molecular flexibility index (Phi) is 6.09. The number of rotatable bonds is 6. The normalized spacial score (nSPS) is 22.2. The lowest BCUT2D eigenvalue weighted by molar-refractivity contribution is -0.154. The second-order valence-electron chi connectivity index (χ2n) is 5.30. The summed E-state index contributed by atoms with van der Waals surface area (Å²) in [7, 11) is 0. The van der Waals surface area contributed by atoms with Crippen LogP contribution in [0.1, 0.15) is 46.5 Å². The van der Waals surface area contributed by atoms with Gasteiger partial charge in [-0.05, 0) is 46.2 Å². The van der Waals surface area contributed by atoms with Crippen molar-refractivity contribution in [3.63, 3.8) is 0 Å². The predicted octanol–water partition coefficient (Wildman–Crippen LogP) is 1.78. The third kappa shape index (κ3) is 3.23. The van der Waals surface area contributed by atoms with Gasteiger partial charge in [-0.15, -0.1) is 0 Å². The number of carbonyl (C=O) groups is 1. The van der Waals surface area contributed by atoms with Gasteiger partial charge in [-0.2, -0.15) is 0 Å². The van der Waals surface area contributed by atoms with Crippen molar-refractivity contribution in [2.24, 2.45) is 11.7 Å². The summed E-state index contributed by atoms with van der Waals surface area (Å²) in [6.45, 7) is 9.06. The van der Waals surface area contributed by atoms with Crippen LogP contribution < -0.4 is 5.73 Å². The zero-order valence-corrected chi connectivity index (χ0v) is 12.1. The molecule has 1 aliphatic rings. The van der Waals surface area contributed by atoms with E-state index in [1.807, 2.05) is 6.92 Å². The molecular formula is C14H28N2O2. The van der Waals surface area contributed by atoms with Crippen LogP contribution in [0, 0.1) is 5.92 Å². The second kappa shape index (κ2) is 7.10. The molecule has 0 spiro atoms. The fraction of sp³-hybridized carbons (Fsp3) is 0.929. The quantitative estimate of drug-likeness (QED) is 0.736. The molecule has 0 amide bonds. The number of piperidine rings is 1. The van der Waals surface area contributed by atoms with E-state index >= 15 is 0 Å². The first kappa shape index (κ1) is 15.4. The van der Waals surface area contributed by atoms with Crippen LogP contribution in [0.25, 0.3) is 0 Å². The van der Waals surface area contributed by atoms with Crippen LogP contribution >= 0.6 is 0 Å². The topological polar surface area (TPSA) is 55.6 Å². The lowest BCUT2D eigenvalue weighted by atomic mass is 9.80. The molecule has 18 heavy (non-hydrogen) atoms. The van der Waals surface area contributed by atoms with Crippen molar-refractivity contribution in [3.05, 3.63) is 0 Å². The summed E-state index contributed by atoms with van der Waals surface area (Å²) in [4.78, 5) is 14.5. The largest absolute Gasteiger partial charge is 0.466 e. The fourth-order valence-corrected chi connectivity index (χ4v) is 2.94. The molecule has 2 atom stereocenters. The van der Waals surface area contributed by atoms with E-state index in [1.165, 1.54) is 19.3 Å². The minimum absolute atomic E-state index is 0.144. The highest BCUT2D eigenvalue weighted by Gasteiger charge is 2.42. The minimum atomic E-state index is -0.222. The van der Waals surface area contributed by atoms with Gasteiger partial charge in [-0.3, -0.25) is 9.69 Å². The smallest absolute Gasteiger partial charge is 0.312 e. The molecular weight excluding hydrogens is 228 g/mol. The van der Waals surface area contributed by atoms with Gasteiger partial charge >= 0.3 is 5.97 Å². The number of esters is 1. The van der Waals surface area contributed by atoms with Crippen LogP contribution in [-0.2, 0) is 9.53 Å². The first-order valence-electron chi connectivity index (χ1n) is 7.21. The number of nitrogens with zero attached hydrogens (tertiary/aromatic N) is 1. The van der Waals surface area contributed by atoms with E-state index in [-0.39, 0.29) is 17.4 Å². The molecule has 1 aliphatic heterocycles. The van der Waals surface area contributed by atoms with Crippen molar-refractivity contribution in [1.82, 2.24) is 4.90 Å². The van der Waals surface area contributed by atoms with Crippen LogP contribution in [0.15, 0.2) is 0 Å². The Balaban J connectivity index is 2.84. The lowest BCUT2D eigenvalue weighted by Crippen LogP contribution is -2.57. The molecule has 0 bridgehead atoms. The molecule has 1 rings (SSSR count). The van der Waals surface area contributed by atoms with Gasteiger partial charge in [0.05, 0.1) is 12.5 Å². The minimum Gasteiger partial charge on any atom is -0.466 e. The molecule has 106 valence electrons. The standard InChI is InChI=1S/C14H28N2O2/c1-4-14(3,16-9-7-6-8-10-16)12(11-15)13(17)18-5-2/h12H,4-11,15H2,1-3H3/t12-,14-/m1/s1. The van der Waals surface area contributed by atoms with E-state index in [9.17, 15) is 4.79 Å². The Bertz CT molecular complexity index is 265. The Morgan fingerprint density at radius 3 is 2.39 bits per heavy atom. The number of likely N-dealkylation sites (tertiary alicyclic amines) is 1. The zero-order valence-electron chi connectivity index (χ0n) is 12.1. The maximum Gasteiger partial charge on any atom is 0.312 e. The van der Waals surface area contributed by atoms with Gasteiger partial charge < -0.3 is 10.5 Å². The van der Waals surface area contributed by atoms with Gasteiger partial charge in [-0.25, -0.2) is 0 Å². The molecule has 2 N–H and O–H groups in total. The van der Waals surface area contributed by atoms with Crippen LogP contribution in [0.4, 0.5) is 0 Å². The average Bonchev–Trinajstić information content (AvgIpc) is 2.40. The molecule has 1 heterocycles. The number of ether oxygens (including phenoxy) is 1. The monoisotopic (exact) mass is 256 g/mol. The van der Waals surface area contributed by atoms with Crippen molar-refractivity contribution >= 4 is 5.97 Å². The SMILES string of the molecule is CCOC(=O)[C@@H](CN)[C@@](C)(CC)N1CCCCC1. The van der Waals surface area contributed by atoms with E-state index < -0.39 is 0 Å². The summed E-state index contributed by atoms with van der Waals surface area (Å²) in [5.41, 5.74) is 5.68. The predicted molar refractivity (Wildman–Crippen MR) is 73.3 cm³/mol. The summed E-state index contributed by atoms with van der Waals surface area (Å²) < 4.78 is 5.19. The fourth-order valence-electron chi connectivity index (χ4n) is 2.94. The molecule has 4 nitrogen and oxygen atoms in total. The second-order valence-corrected chi connectivity index (χ2v) is 5.30. The number of carbonyl (C=O) groups excluding carboxylic acids is 1. The molecule has 1 fully saturated rings. The molecule has 0 aliphatic carbocycles. The van der Waals surface area contributed by atoms with Crippen molar-refractivity contribution in [1.29, 1.82) is 0 Å². The Morgan fingerprint density at radius 2 is 1.94 bits per heavy atom. The average molecular weight is 256 g/mol. The molecule has 0 saturated carbocycles. The van der Waals surface area contributed by atoms with Crippen molar-refractivity contribution in [2.75, 3.05) is 26.2 Å². The van der Waals surface area contributed by atoms with Gasteiger partial charge in [0.2, 0.25) is 0 Å². The summed E-state index contributed by atoms with van der Waals surface area (Å²) in [6, 6.07) is 0. The van der Waals surface area contributed by atoms with Gasteiger partial charge in [0.15, 0.2) is 0 Å². The van der Waals surface area contributed by atoms with Crippen molar-refractivity contribution < 1.29 is 9.53 Å². The zero-order chi connectivity index (χ0) is 13.6. The number of hydrogen-bond acceptors (Lipinski definition) is 4. The molecule has 0 aromatic carbocycles. The van der Waals surface area contributed by atoms with E-state index in [0.717, 1.165) is 19.5 Å². The van der Waals surface area contributed by atoms with E-state index in [4.69, 9.17) is 10.5 Å². The van der Waals surface area contributed by atoms with Gasteiger partial charge in [0.1, 0.15) is 0 Å². The van der Waals surface area contributed by atoms with Crippen LogP contribution in [0.2, 0.25) is 0 Å². The maximum atomic E-state index is 12.1. The highest BCUT2D eigenvalue weighted by molar-refractivity contribution is 5.74. The Labute approximate surface area is 111 Å². The van der Waals surface area contributed by atoms with Gasteiger partial charge in [0, 0.05) is 12.1 Å². The highest BCUT2D eigenvalue weighted by atomic mass is 16.5. The first-order valence-corrected chi connectivity index (χ1v) is 7.21. The maximum absolute atomic E-state index is 12.1. The Morgan fingerprint density at radius 1 is 1.33 bits per heavy atom. The molecule has 0 unspecified atom stereocenters. The molecule has 0 aromatic rings. The van der Waals surface area contributed by atoms with Crippen LogP contribution in [-0.4, -0.2) is 42.6 Å². The third-order valence-electron chi connectivity index (χ3n) is 4.35. The summed E-state index contributed by atoms with van der Waals surface area (Å²) in [6.07, 6.45) is 4.65. The summed E-state index contributed by atoms with van der Waals surface area (Å²) >= 11 is 0.